The summed E-state index contributed by atoms with van der Waals surface area (Å²) >= 11 is 6.10. The zero-order chi connectivity index (χ0) is 17.4. The molecule has 0 aliphatic heterocycles. The summed E-state index contributed by atoms with van der Waals surface area (Å²) in [6.07, 6.45) is 3.51. The molecule has 1 rings (SSSR count). The largest absolute Gasteiger partial charge is 0.508 e. The molecule has 4 N–H and O–H groups in total. The van der Waals surface area contributed by atoms with Gasteiger partial charge in [-0.15, -0.1) is 6.58 Å². The number of phenolic OH excluding ortho intramolecular Hbond substituents is 1. The summed E-state index contributed by atoms with van der Waals surface area (Å²) in [5.41, 5.74) is 1.91. The first-order chi connectivity index (χ1) is 10.9. The van der Waals surface area contributed by atoms with E-state index in [2.05, 4.69) is 6.58 Å². The van der Waals surface area contributed by atoms with Crippen molar-refractivity contribution in [2.24, 2.45) is 5.92 Å². The molecule has 0 spiro atoms. The van der Waals surface area contributed by atoms with Crippen LogP contribution >= 0.6 is 11.6 Å². The Morgan fingerprint density at radius 1 is 1.30 bits per heavy atom. The van der Waals surface area contributed by atoms with Gasteiger partial charge in [0.15, 0.2) is 0 Å². The van der Waals surface area contributed by atoms with E-state index in [-0.39, 0.29) is 5.75 Å². The molecule has 0 fully saturated rings. The summed E-state index contributed by atoms with van der Waals surface area (Å²) < 4.78 is 0. The van der Waals surface area contributed by atoms with Crippen LogP contribution in [-0.4, -0.2) is 39.2 Å². The van der Waals surface area contributed by atoms with Crippen molar-refractivity contribution < 1.29 is 20.4 Å². The third kappa shape index (κ3) is 5.99. The highest BCUT2D eigenvalue weighted by Gasteiger charge is 2.23. The third-order valence-electron chi connectivity index (χ3n) is 3.91. The number of aliphatic hydroxyl groups excluding tert-OH is 3. The Labute approximate surface area is 142 Å². The molecule has 0 unspecified atom stereocenters. The lowest BCUT2D eigenvalue weighted by molar-refractivity contribution is 0.00211. The van der Waals surface area contributed by atoms with Gasteiger partial charge in [-0.3, -0.25) is 0 Å². The van der Waals surface area contributed by atoms with E-state index in [4.69, 9.17) is 16.7 Å². The van der Waals surface area contributed by atoms with Gasteiger partial charge in [0.1, 0.15) is 5.75 Å². The van der Waals surface area contributed by atoms with E-state index >= 15 is 0 Å². The molecule has 1 aromatic carbocycles. The predicted octanol–water partition coefficient (Wildman–Crippen LogP) is 3.14. The monoisotopic (exact) mass is 340 g/mol. The van der Waals surface area contributed by atoms with Gasteiger partial charge in [0.2, 0.25) is 0 Å². The number of aliphatic hydroxyl groups is 3. The quantitative estimate of drug-likeness (QED) is 0.521. The third-order valence-corrected chi connectivity index (χ3v) is 4.23. The molecule has 0 heterocycles. The maximum absolute atomic E-state index is 10.2. The van der Waals surface area contributed by atoms with Crippen molar-refractivity contribution in [3.63, 3.8) is 0 Å². The van der Waals surface area contributed by atoms with Crippen LogP contribution in [0.2, 0.25) is 5.02 Å². The minimum Gasteiger partial charge on any atom is -0.508 e. The molecule has 3 atom stereocenters. The van der Waals surface area contributed by atoms with Crippen LogP contribution < -0.4 is 0 Å². The van der Waals surface area contributed by atoms with Gasteiger partial charge in [-0.25, -0.2) is 0 Å². The second-order valence-electron chi connectivity index (χ2n) is 5.53. The Hall–Kier alpha value is -1.33. The van der Waals surface area contributed by atoms with Gasteiger partial charge in [-0.1, -0.05) is 36.2 Å². The second-order valence-corrected chi connectivity index (χ2v) is 5.94. The first-order valence-electron chi connectivity index (χ1n) is 7.70. The highest BCUT2D eigenvalue weighted by Crippen LogP contribution is 2.26. The topological polar surface area (TPSA) is 80.9 Å². The minimum atomic E-state index is -1.01. The predicted molar refractivity (Wildman–Crippen MR) is 93.4 cm³/mol. The molecule has 0 aliphatic carbocycles. The van der Waals surface area contributed by atoms with Crippen LogP contribution in [-0.2, 0) is 0 Å². The molecule has 0 aromatic heterocycles. The second kappa shape index (κ2) is 9.73. The Balaban J connectivity index is 2.76. The summed E-state index contributed by atoms with van der Waals surface area (Å²) in [6, 6.07) is 4.80. The zero-order valence-electron chi connectivity index (χ0n) is 13.3. The lowest BCUT2D eigenvalue weighted by atomic mass is 9.91. The molecule has 0 amide bonds. The molecular formula is C18H25ClO4. The molecule has 0 saturated carbocycles. The molecule has 0 bridgehead atoms. The highest BCUT2D eigenvalue weighted by molar-refractivity contribution is 6.32. The average Bonchev–Trinajstić information content (AvgIpc) is 2.53. The lowest BCUT2D eigenvalue weighted by Crippen LogP contribution is -2.32. The summed E-state index contributed by atoms with van der Waals surface area (Å²) in [4.78, 5) is 0. The lowest BCUT2D eigenvalue weighted by Gasteiger charge is -2.23. The first kappa shape index (κ1) is 19.7. The van der Waals surface area contributed by atoms with E-state index in [1.807, 2.05) is 13.0 Å². The maximum Gasteiger partial charge on any atom is 0.117 e. The van der Waals surface area contributed by atoms with E-state index in [0.717, 1.165) is 17.6 Å². The average molecular weight is 341 g/mol. The van der Waals surface area contributed by atoms with Crippen LogP contribution in [0.5, 0.6) is 5.75 Å². The van der Waals surface area contributed by atoms with Gasteiger partial charge in [0.25, 0.3) is 0 Å². The molecule has 0 saturated heterocycles. The van der Waals surface area contributed by atoms with Crippen LogP contribution in [0.4, 0.5) is 0 Å². The fourth-order valence-electron chi connectivity index (χ4n) is 2.42. The fraction of sp³-hybridized carbons (Fsp3) is 0.444. The van der Waals surface area contributed by atoms with Gasteiger partial charge in [0, 0.05) is 5.92 Å². The van der Waals surface area contributed by atoms with E-state index < -0.39 is 24.7 Å². The number of phenols is 1. The first-order valence-corrected chi connectivity index (χ1v) is 8.08. The number of halogens is 1. The molecular weight excluding hydrogens is 316 g/mol. The number of hydrogen-bond acceptors (Lipinski definition) is 4. The standard InChI is InChI=1S/C18H25ClO4/c1-3-12(9-13-6-7-14(21)10-16(13)19)5-8-17(22)15(4-2)18(23)11-20/h4,6-7,9-10,15,17-18,20-23H,2-3,5,8,11H2,1H3/b12-9+/t15-,17-,18-/m1/s1. The van der Waals surface area contributed by atoms with E-state index in [0.29, 0.717) is 17.9 Å². The minimum absolute atomic E-state index is 0.118. The smallest absolute Gasteiger partial charge is 0.117 e. The summed E-state index contributed by atoms with van der Waals surface area (Å²) in [7, 11) is 0. The SMILES string of the molecule is C=C[C@@H]([C@H](O)CO)[C@H](O)CC/C(=C/c1ccc(O)cc1Cl)CC. The van der Waals surface area contributed by atoms with E-state index in [1.54, 1.807) is 12.1 Å². The van der Waals surface area contributed by atoms with Gasteiger partial charge in [-0.2, -0.15) is 0 Å². The Bertz CT molecular complexity index is 542. The number of rotatable bonds is 9. The number of allylic oxidation sites excluding steroid dienone is 1. The molecule has 128 valence electrons. The van der Waals surface area contributed by atoms with Gasteiger partial charge in [0.05, 0.1) is 23.8 Å². The van der Waals surface area contributed by atoms with Crippen LogP contribution in [0.1, 0.15) is 31.7 Å². The Morgan fingerprint density at radius 3 is 2.52 bits per heavy atom. The van der Waals surface area contributed by atoms with E-state index in [1.165, 1.54) is 12.1 Å². The molecule has 0 aliphatic rings. The molecule has 0 radical (unpaired) electrons. The van der Waals surface area contributed by atoms with Crippen molar-refractivity contribution in [2.45, 2.75) is 38.4 Å². The number of aromatic hydroxyl groups is 1. The number of benzene rings is 1. The van der Waals surface area contributed by atoms with Gasteiger partial charge < -0.3 is 20.4 Å². The molecule has 23 heavy (non-hydrogen) atoms. The Kier molecular flexibility index (Phi) is 8.34. The van der Waals surface area contributed by atoms with Crippen molar-refractivity contribution >= 4 is 17.7 Å². The van der Waals surface area contributed by atoms with Gasteiger partial charge in [-0.05, 0) is 43.0 Å². The van der Waals surface area contributed by atoms with Crippen molar-refractivity contribution in [2.75, 3.05) is 6.61 Å². The summed E-state index contributed by atoms with van der Waals surface area (Å²) in [5, 5.41) is 38.7. The molecule has 1 aromatic rings. The van der Waals surface area contributed by atoms with Gasteiger partial charge >= 0.3 is 0 Å². The fourth-order valence-corrected chi connectivity index (χ4v) is 2.65. The van der Waals surface area contributed by atoms with Crippen molar-refractivity contribution in [1.29, 1.82) is 0 Å². The van der Waals surface area contributed by atoms with Crippen LogP contribution in [0.3, 0.4) is 0 Å². The summed E-state index contributed by atoms with van der Waals surface area (Å²) in [5.74, 6) is -0.442. The van der Waals surface area contributed by atoms with Crippen molar-refractivity contribution in [3.05, 3.63) is 47.0 Å². The highest BCUT2D eigenvalue weighted by atomic mass is 35.5. The van der Waals surface area contributed by atoms with E-state index in [9.17, 15) is 15.3 Å². The van der Waals surface area contributed by atoms with Crippen molar-refractivity contribution in [3.8, 4) is 5.75 Å². The molecule has 4 nitrogen and oxygen atoms in total. The summed E-state index contributed by atoms with van der Waals surface area (Å²) in [6.45, 7) is 5.20. The molecule has 5 heteroatoms. The van der Waals surface area contributed by atoms with Crippen molar-refractivity contribution in [1.82, 2.24) is 0 Å². The van der Waals surface area contributed by atoms with Crippen LogP contribution in [0.25, 0.3) is 6.08 Å². The zero-order valence-corrected chi connectivity index (χ0v) is 14.1. The normalized spacial score (nSPS) is 16.0. The number of hydrogen-bond donors (Lipinski definition) is 4. The maximum atomic E-state index is 10.2. The van der Waals surface area contributed by atoms with Crippen LogP contribution in [0.15, 0.2) is 36.4 Å². The Morgan fingerprint density at radius 2 is 2.00 bits per heavy atom. The van der Waals surface area contributed by atoms with Crippen LogP contribution in [0, 0.1) is 5.92 Å².